The number of carbonyl (C=O) groups is 3. The number of nitrogens with one attached hydrogen (secondary N) is 1. The summed E-state index contributed by atoms with van der Waals surface area (Å²) in [5.74, 6) is -3.39. The standard InChI is InChI=1S/C21H31NO9S/c1-14-7-10-16(11-8-14)32(28,29)30-13-5-6-15(18(23)24)9-12-17(19(25)26)22-20(27)31-21(2,3)4/h7-8,10-11,15,17H,5-6,9,12-13H2,1-4H3,(H,22,27)(H,23,24)(H,25,26)/t15?,17-/m0/s1. The summed E-state index contributed by atoms with van der Waals surface area (Å²) in [6.45, 7) is 6.50. The van der Waals surface area contributed by atoms with E-state index in [2.05, 4.69) is 5.32 Å². The fourth-order valence-corrected chi connectivity index (χ4v) is 3.68. The Morgan fingerprint density at radius 3 is 2.09 bits per heavy atom. The number of hydrogen-bond donors (Lipinski definition) is 3. The van der Waals surface area contributed by atoms with Gasteiger partial charge in [0.2, 0.25) is 0 Å². The second-order valence-corrected chi connectivity index (χ2v) is 10.00. The smallest absolute Gasteiger partial charge is 0.408 e. The van der Waals surface area contributed by atoms with Gasteiger partial charge in [0, 0.05) is 0 Å². The van der Waals surface area contributed by atoms with E-state index in [1.165, 1.54) is 12.1 Å². The number of alkyl carbamates (subject to hydrolysis) is 1. The molecule has 0 radical (unpaired) electrons. The Labute approximate surface area is 188 Å². The number of carboxylic acid groups (broad SMARTS) is 2. The van der Waals surface area contributed by atoms with Crippen LogP contribution in [0, 0.1) is 12.8 Å². The van der Waals surface area contributed by atoms with Gasteiger partial charge in [-0.25, -0.2) is 9.59 Å². The van der Waals surface area contributed by atoms with E-state index in [-0.39, 0.29) is 37.2 Å². The van der Waals surface area contributed by atoms with Crippen LogP contribution in [0.5, 0.6) is 0 Å². The summed E-state index contributed by atoms with van der Waals surface area (Å²) in [7, 11) is -3.95. The number of hydrogen-bond acceptors (Lipinski definition) is 7. The minimum Gasteiger partial charge on any atom is -0.481 e. The number of benzene rings is 1. The summed E-state index contributed by atoms with van der Waals surface area (Å²) >= 11 is 0. The van der Waals surface area contributed by atoms with Crippen LogP contribution in [0.1, 0.15) is 52.0 Å². The largest absolute Gasteiger partial charge is 0.481 e. The molecule has 1 aromatic carbocycles. The predicted molar refractivity (Wildman–Crippen MR) is 115 cm³/mol. The number of aryl methyl sites for hydroxylation is 1. The van der Waals surface area contributed by atoms with E-state index >= 15 is 0 Å². The van der Waals surface area contributed by atoms with E-state index in [9.17, 15) is 33.0 Å². The third-order valence-corrected chi connectivity index (χ3v) is 5.71. The van der Waals surface area contributed by atoms with Crippen molar-refractivity contribution in [2.75, 3.05) is 6.61 Å². The first-order valence-electron chi connectivity index (χ1n) is 10.1. The molecule has 0 aliphatic heterocycles. The predicted octanol–water partition coefficient (Wildman–Crippen LogP) is 2.94. The molecular weight excluding hydrogens is 442 g/mol. The molecule has 32 heavy (non-hydrogen) atoms. The number of carboxylic acids is 2. The number of carbonyl (C=O) groups excluding carboxylic acids is 1. The van der Waals surface area contributed by atoms with Gasteiger partial charge in [0.05, 0.1) is 17.4 Å². The van der Waals surface area contributed by atoms with Gasteiger partial charge in [0.1, 0.15) is 11.6 Å². The Bertz CT molecular complexity index is 889. The molecule has 2 atom stereocenters. The van der Waals surface area contributed by atoms with Gasteiger partial charge in [-0.3, -0.25) is 8.98 Å². The van der Waals surface area contributed by atoms with Crippen molar-refractivity contribution in [2.24, 2.45) is 5.92 Å². The molecule has 1 rings (SSSR count). The van der Waals surface area contributed by atoms with Crippen LogP contribution in [0.3, 0.4) is 0 Å². The summed E-state index contributed by atoms with van der Waals surface area (Å²) in [5, 5.41) is 20.9. The number of amides is 1. The molecule has 0 aromatic heterocycles. The van der Waals surface area contributed by atoms with Crippen molar-refractivity contribution in [3.63, 3.8) is 0 Å². The molecule has 10 nitrogen and oxygen atoms in total. The lowest BCUT2D eigenvalue weighted by molar-refractivity contribution is -0.144. The molecule has 0 spiro atoms. The fraction of sp³-hybridized carbons (Fsp3) is 0.571. The highest BCUT2D eigenvalue weighted by molar-refractivity contribution is 7.86. The number of aliphatic carboxylic acids is 2. The van der Waals surface area contributed by atoms with E-state index < -0.39 is 45.7 Å². The van der Waals surface area contributed by atoms with Crippen molar-refractivity contribution in [3.05, 3.63) is 29.8 Å². The zero-order valence-electron chi connectivity index (χ0n) is 18.7. The van der Waals surface area contributed by atoms with Gasteiger partial charge >= 0.3 is 18.0 Å². The van der Waals surface area contributed by atoms with Gasteiger partial charge < -0.3 is 20.3 Å². The van der Waals surface area contributed by atoms with E-state index in [1.54, 1.807) is 32.9 Å². The molecule has 11 heteroatoms. The second-order valence-electron chi connectivity index (χ2n) is 8.38. The Morgan fingerprint density at radius 2 is 1.59 bits per heavy atom. The van der Waals surface area contributed by atoms with Crippen LogP contribution in [0.2, 0.25) is 0 Å². The Balaban J connectivity index is 2.56. The maximum atomic E-state index is 12.2. The Hall–Kier alpha value is -2.66. The van der Waals surface area contributed by atoms with E-state index in [4.69, 9.17) is 8.92 Å². The van der Waals surface area contributed by atoms with Crippen LogP contribution in [0.4, 0.5) is 4.79 Å². The molecule has 0 aliphatic carbocycles. The summed E-state index contributed by atoms with van der Waals surface area (Å²) < 4.78 is 34.3. The third kappa shape index (κ3) is 10.1. The van der Waals surface area contributed by atoms with Crippen molar-refractivity contribution in [1.82, 2.24) is 5.32 Å². The molecule has 0 saturated carbocycles. The van der Waals surface area contributed by atoms with E-state index in [1.807, 2.05) is 6.92 Å². The monoisotopic (exact) mass is 473 g/mol. The van der Waals surface area contributed by atoms with Crippen LogP contribution < -0.4 is 5.32 Å². The van der Waals surface area contributed by atoms with Gasteiger partial charge in [0.15, 0.2) is 0 Å². The minimum absolute atomic E-state index is 0.00963. The average Bonchev–Trinajstić information content (AvgIpc) is 2.64. The molecule has 0 heterocycles. The highest BCUT2D eigenvalue weighted by atomic mass is 32.2. The normalized spacial score (nSPS) is 13.8. The van der Waals surface area contributed by atoms with Gasteiger partial charge in [-0.2, -0.15) is 8.42 Å². The topological polar surface area (TPSA) is 156 Å². The van der Waals surface area contributed by atoms with Crippen molar-refractivity contribution in [2.45, 2.75) is 69.9 Å². The lowest BCUT2D eigenvalue weighted by Gasteiger charge is -2.22. The Morgan fingerprint density at radius 1 is 1.00 bits per heavy atom. The molecule has 180 valence electrons. The molecule has 3 N–H and O–H groups in total. The van der Waals surface area contributed by atoms with E-state index in [0.29, 0.717) is 0 Å². The zero-order chi connectivity index (χ0) is 24.5. The summed E-state index contributed by atoms with van der Waals surface area (Å²) in [4.78, 5) is 34.7. The number of ether oxygens (including phenoxy) is 1. The number of rotatable bonds is 12. The Kier molecular flexibility index (Phi) is 10.1. The first-order valence-corrected chi connectivity index (χ1v) is 11.5. The SMILES string of the molecule is Cc1ccc(S(=O)(=O)OCCCC(CC[C@H](NC(=O)OC(C)(C)C)C(=O)O)C(=O)O)cc1. The minimum atomic E-state index is -3.95. The lowest BCUT2D eigenvalue weighted by atomic mass is 9.95. The summed E-state index contributed by atoms with van der Waals surface area (Å²) in [6.07, 6.45) is -0.857. The highest BCUT2D eigenvalue weighted by Crippen LogP contribution is 2.18. The van der Waals surface area contributed by atoms with Crippen LogP contribution in [-0.2, 0) is 28.6 Å². The van der Waals surface area contributed by atoms with Crippen molar-refractivity contribution >= 4 is 28.1 Å². The van der Waals surface area contributed by atoms with Crippen molar-refractivity contribution in [3.8, 4) is 0 Å². The maximum Gasteiger partial charge on any atom is 0.408 e. The van der Waals surface area contributed by atoms with Crippen LogP contribution >= 0.6 is 0 Å². The van der Waals surface area contributed by atoms with Crippen molar-refractivity contribution in [1.29, 1.82) is 0 Å². The highest BCUT2D eigenvalue weighted by Gasteiger charge is 2.27. The second kappa shape index (κ2) is 11.8. The maximum absolute atomic E-state index is 12.2. The van der Waals surface area contributed by atoms with Crippen molar-refractivity contribution < 1.29 is 41.9 Å². The summed E-state index contributed by atoms with van der Waals surface area (Å²) in [5.41, 5.74) is 0.0874. The molecular formula is C21H31NO9S. The van der Waals surface area contributed by atoms with Crippen LogP contribution in [0.15, 0.2) is 29.2 Å². The first-order chi connectivity index (χ1) is 14.7. The molecule has 0 aliphatic rings. The average molecular weight is 474 g/mol. The molecule has 0 saturated heterocycles. The van der Waals surface area contributed by atoms with Gasteiger partial charge in [0.25, 0.3) is 10.1 Å². The summed E-state index contributed by atoms with van der Waals surface area (Å²) in [6, 6.07) is 4.81. The lowest BCUT2D eigenvalue weighted by Crippen LogP contribution is -2.43. The van der Waals surface area contributed by atoms with Gasteiger partial charge in [-0.1, -0.05) is 17.7 Å². The van der Waals surface area contributed by atoms with Crippen LogP contribution in [-0.4, -0.2) is 54.9 Å². The van der Waals surface area contributed by atoms with Gasteiger partial charge in [-0.15, -0.1) is 0 Å². The first kappa shape index (κ1) is 27.4. The quantitative estimate of drug-likeness (QED) is 0.307. The third-order valence-electron chi connectivity index (χ3n) is 4.39. The van der Waals surface area contributed by atoms with Gasteiger partial charge in [-0.05, 0) is 65.5 Å². The molecule has 0 bridgehead atoms. The molecule has 0 fully saturated rings. The molecule has 1 amide bonds. The van der Waals surface area contributed by atoms with Crippen LogP contribution in [0.25, 0.3) is 0 Å². The zero-order valence-corrected chi connectivity index (χ0v) is 19.5. The van der Waals surface area contributed by atoms with E-state index in [0.717, 1.165) is 5.56 Å². The fourth-order valence-electron chi connectivity index (χ4n) is 2.74. The molecule has 1 aromatic rings. The molecule has 1 unspecified atom stereocenters.